The summed E-state index contributed by atoms with van der Waals surface area (Å²) in [4.78, 5) is 13.1. The third-order valence-electron chi connectivity index (χ3n) is 5.30. The van der Waals surface area contributed by atoms with Gasteiger partial charge in [-0.2, -0.15) is 0 Å². The first kappa shape index (κ1) is 16.8. The molecule has 2 rings (SSSR count). The fourth-order valence-electron chi connectivity index (χ4n) is 3.91. The van der Waals surface area contributed by atoms with E-state index >= 15 is 0 Å². The van der Waals surface area contributed by atoms with Gasteiger partial charge in [0.15, 0.2) is 0 Å². The summed E-state index contributed by atoms with van der Waals surface area (Å²) in [5.74, 6) is -0.0458. The van der Waals surface area contributed by atoms with Gasteiger partial charge in [-0.05, 0) is 43.9 Å². The van der Waals surface area contributed by atoms with Crippen LogP contribution < -0.4 is 0 Å². The quantitative estimate of drug-likeness (QED) is 0.810. The lowest BCUT2D eigenvalue weighted by Gasteiger charge is -2.51. The van der Waals surface area contributed by atoms with E-state index in [9.17, 15) is 4.79 Å². The second-order valence-electron chi connectivity index (χ2n) is 8.26. The van der Waals surface area contributed by atoms with Crippen LogP contribution in [0.3, 0.4) is 0 Å². The summed E-state index contributed by atoms with van der Waals surface area (Å²) in [5, 5.41) is 8.71. The van der Waals surface area contributed by atoms with Gasteiger partial charge in [0.05, 0.1) is 5.60 Å². The molecule has 1 aliphatic heterocycles. The molecule has 1 heterocycles. The van der Waals surface area contributed by atoms with Gasteiger partial charge in [0.2, 0.25) is 0 Å². The van der Waals surface area contributed by atoms with Crippen LogP contribution in [0.25, 0.3) is 0 Å². The first-order valence-corrected chi connectivity index (χ1v) is 8.29. The molecule has 122 valence electrons. The van der Waals surface area contributed by atoms with E-state index in [2.05, 4.69) is 25.7 Å². The minimum absolute atomic E-state index is 0.179. The predicted molar refractivity (Wildman–Crippen MR) is 83.4 cm³/mol. The highest BCUT2D eigenvalue weighted by atomic mass is 16.5. The molecule has 0 aromatic heterocycles. The van der Waals surface area contributed by atoms with E-state index in [1.807, 2.05) is 6.92 Å². The van der Waals surface area contributed by atoms with E-state index in [1.54, 1.807) is 0 Å². The van der Waals surface area contributed by atoms with Gasteiger partial charge < -0.3 is 9.84 Å². The molecule has 0 amide bonds. The molecule has 4 nitrogen and oxygen atoms in total. The molecule has 1 saturated heterocycles. The van der Waals surface area contributed by atoms with Crippen LogP contribution in [0.4, 0.5) is 0 Å². The molecule has 4 heteroatoms. The summed E-state index contributed by atoms with van der Waals surface area (Å²) in [6.45, 7) is 10.7. The molecule has 0 aromatic rings. The van der Waals surface area contributed by atoms with Crippen molar-refractivity contribution in [3.05, 3.63) is 0 Å². The van der Waals surface area contributed by atoms with Crippen LogP contribution in [-0.2, 0) is 9.53 Å². The van der Waals surface area contributed by atoms with Crippen LogP contribution in [0.1, 0.15) is 59.8 Å². The normalized spacial score (nSPS) is 30.5. The highest BCUT2D eigenvalue weighted by Crippen LogP contribution is 2.39. The molecule has 1 saturated carbocycles. The molecule has 21 heavy (non-hydrogen) atoms. The molecule has 1 N–H and O–H groups in total. The second-order valence-corrected chi connectivity index (χ2v) is 8.26. The fraction of sp³-hybridized carbons (Fsp3) is 0.941. The largest absolute Gasteiger partial charge is 0.480 e. The number of likely N-dealkylation sites (tertiary alicyclic amines) is 1. The average Bonchev–Trinajstić information content (AvgIpc) is 2.58. The molecule has 0 bridgehead atoms. The maximum absolute atomic E-state index is 10.6. The first-order chi connectivity index (χ1) is 9.70. The Morgan fingerprint density at radius 1 is 1.24 bits per heavy atom. The third-order valence-corrected chi connectivity index (χ3v) is 5.30. The first-order valence-electron chi connectivity index (χ1n) is 8.29. The van der Waals surface area contributed by atoms with Gasteiger partial charge in [0.25, 0.3) is 0 Å². The van der Waals surface area contributed by atoms with Crippen molar-refractivity contribution in [2.75, 3.05) is 19.7 Å². The average molecular weight is 297 g/mol. The number of hydrogen-bond donors (Lipinski definition) is 1. The lowest BCUT2D eigenvalue weighted by molar-refractivity contribution is -0.170. The van der Waals surface area contributed by atoms with Gasteiger partial charge in [-0.15, -0.1) is 0 Å². The Kier molecular flexibility index (Phi) is 4.99. The molecule has 2 atom stereocenters. The SMILES string of the molecule is CC1(OCC(=O)O)CN(C2CCCC(C(C)(C)C)CC2)C1. The zero-order valence-corrected chi connectivity index (χ0v) is 14.0. The third kappa shape index (κ3) is 4.43. The van der Waals surface area contributed by atoms with E-state index in [0.717, 1.165) is 19.0 Å². The van der Waals surface area contributed by atoms with Crippen molar-refractivity contribution in [3.8, 4) is 0 Å². The molecule has 2 aliphatic rings. The van der Waals surface area contributed by atoms with Crippen LogP contribution >= 0.6 is 0 Å². The van der Waals surface area contributed by atoms with Gasteiger partial charge in [0.1, 0.15) is 6.61 Å². The van der Waals surface area contributed by atoms with Crippen molar-refractivity contribution < 1.29 is 14.6 Å². The zero-order chi connectivity index (χ0) is 15.7. The van der Waals surface area contributed by atoms with Gasteiger partial charge >= 0.3 is 5.97 Å². The number of carboxylic acid groups (broad SMARTS) is 1. The zero-order valence-electron chi connectivity index (χ0n) is 14.0. The standard InChI is InChI=1S/C17H31NO3/c1-16(2,3)13-6-5-7-14(9-8-13)18-11-17(4,12-18)21-10-15(19)20/h13-14H,5-12H2,1-4H3,(H,19,20). The highest BCUT2D eigenvalue weighted by Gasteiger charge is 2.43. The maximum Gasteiger partial charge on any atom is 0.329 e. The van der Waals surface area contributed by atoms with E-state index < -0.39 is 5.97 Å². The van der Waals surface area contributed by atoms with E-state index in [4.69, 9.17) is 9.84 Å². The van der Waals surface area contributed by atoms with E-state index in [1.165, 1.54) is 32.1 Å². The summed E-state index contributed by atoms with van der Waals surface area (Å²) in [6.07, 6.45) is 6.53. The number of carboxylic acids is 1. The van der Waals surface area contributed by atoms with E-state index in [0.29, 0.717) is 11.5 Å². The van der Waals surface area contributed by atoms with Crippen molar-refractivity contribution in [2.45, 2.75) is 71.4 Å². The maximum atomic E-state index is 10.6. The lowest BCUT2D eigenvalue weighted by atomic mass is 9.76. The van der Waals surface area contributed by atoms with Crippen molar-refractivity contribution in [3.63, 3.8) is 0 Å². The predicted octanol–water partition coefficient (Wildman–Crippen LogP) is 3.16. The van der Waals surface area contributed by atoms with E-state index in [-0.39, 0.29) is 12.2 Å². The summed E-state index contributed by atoms with van der Waals surface area (Å²) >= 11 is 0. The van der Waals surface area contributed by atoms with Gasteiger partial charge in [0, 0.05) is 19.1 Å². The summed E-state index contributed by atoms with van der Waals surface area (Å²) in [6, 6.07) is 0.666. The van der Waals surface area contributed by atoms with Crippen molar-refractivity contribution >= 4 is 5.97 Å². The van der Waals surface area contributed by atoms with Crippen LogP contribution in [0.15, 0.2) is 0 Å². The lowest BCUT2D eigenvalue weighted by Crippen LogP contribution is -2.64. The molecule has 1 aliphatic carbocycles. The minimum Gasteiger partial charge on any atom is -0.480 e. The summed E-state index contributed by atoms with van der Waals surface area (Å²) < 4.78 is 5.51. The van der Waals surface area contributed by atoms with Gasteiger partial charge in [-0.3, -0.25) is 4.90 Å². The monoisotopic (exact) mass is 297 g/mol. The summed E-state index contributed by atoms with van der Waals surface area (Å²) in [5.41, 5.74) is 0.164. The Morgan fingerprint density at radius 2 is 1.90 bits per heavy atom. The summed E-state index contributed by atoms with van der Waals surface area (Å²) in [7, 11) is 0. The van der Waals surface area contributed by atoms with Crippen LogP contribution in [0.5, 0.6) is 0 Å². The molecule has 0 spiro atoms. The topological polar surface area (TPSA) is 49.8 Å². The number of rotatable bonds is 4. The molecule has 0 radical (unpaired) electrons. The van der Waals surface area contributed by atoms with Crippen LogP contribution in [0, 0.1) is 11.3 Å². The number of aliphatic carboxylic acids is 1. The number of carbonyl (C=O) groups is 1. The molecular formula is C17H31NO3. The molecule has 2 fully saturated rings. The Balaban J connectivity index is 1.79. The smallest absolute Gasteiger partial charge is 0.329 e. The van der Waals surface area contributed by atoms with Crippen LogP contribution in [-0.4, -0.2) is 47.3 Å². The van der Waals surface area contributed by atoms with Crippen molar-refractivity contribution in [1.29, 1.82) is 0 Å². The second kappa shape index (κ2) is 6.25. The number of ether oxygens (including phenoxy) is 1. The molecule has 2 unspecified atom stereocenters. The van der Waals surface area contributed by atoms with Crippen molar-refractivity contribution in [1.82, 2.24) is 4.90 Å². The number of nitrogens with zero attached hydrogens (tertiary/aromatic N) is 1. The van der Waals surface area contributed by atoms with Gasteiger partial charge in [-0.25, -0.2) is 4.79 Å². The van der Waals surface area contributed by atoms with Crippen molar-refractivity contribution in [2.24, 2.45) is 11.3 Å². The Morgan fingerprint density at radius 3 is 2.48 bits per heavy atom. The minimum atomic E-state index is -0.878. The van der Waals surface area contributed by atoms with Gasteiger partial charge in [-0.1, -0.05) is 27.2 Å². The van der Waals surface area contributed by atoms with Crippen LogP contribution in [0.2, 0.25) is 0 Å². The molecule has 0 aromatic carbocycles. The molecular weight excluding hydrogens is 266 g/mol. The Hall–Kier alpha value is -0.610. The number of hydrogen-bond acceptors (Lipinski definition) is 3. The fourth-order valence-corrected chi connectivity index (χ4v) is 3.91. The Labute approximate surface area is 128 Å². The highest BCUT2D eigenvalue weighted by molar-refractivity contribution is 5.68. The Bertz CT molecular complexity index is 369.